The lowest BCUT2D eigenvalue weighted by Gasteiger charge is -2.19. The first-order valence-electron chi connectivity index (χ1n) is 10.2. The van der Waals surface area contributed by atoms with Gasteiger partial charge in [-0.3, -0.25) is 4.79 Å². The highest BCUT2D eigenvalue weighted by Gasteiger charge is 2.33. The number of carbonyl (C=O) groups is 1. The number of nitrogens with zero attached hydrogens (tertiary/aromatic N) is 4. The summed E-state index contributed by atoms with van der Waals surface area (Å²) < 4.78 is 6.92. The van der Waals surface area contributed by atoms with Crippen LogP contribution in [0.15, 0.2) is 30.5 Å². The highest BCUT2D eigenvalue weighted by Crippen LogP contribution is 2.41. The van der Waals surface area contributed by atoms with Gasteiger partial charge in [-0.25, -0.2) is 9.50 Å². The average Bonchev–Trinajstić information content (AvgIpc) is 3.51. The van der Waals surface area contributed by atoms with Gasteiger partial charge >= 0.3 is 0 Å². The molecule has 1 atom stereocenters. The van der Waals surface area contributed by atoms with Crippen LogP contribution in [-0.2, 0) is 11.2 Å². The Labute approximate surface area is 175 Å². The minimum atomic E-state index is 0.0276. The molecule has 1 aliphatic rings. The van der Waals surface area contributed by atoms with Gasteiger partial charge in [0.15, 0.2) is 5.65 Å². The zero-order valence-corrected chi connectivity index (χ0v) is 17.5. The third-order valence-corrected chi connectivity index (χ3v) is 5.82. The standard InChI is InChI=1S/C23H25N5O2/c1-14-20(15(2)28-23(26-14)18(12-24)13-25-28)10-11-21(29)27-22(16-4-5-16)17-6-8-19(30-3)9-7-17/h6-9,13,16,22H,4-5,10-11H2,1-3H3,(H,27,29). The summed E-state index contributed by atoms with van der Waals surface area (Å²) in [6.45, 7) is 3.87. The van der Waals surface area contributed by atoms with Crippen LogP contribution in [0.5, 0.6) is 5.75 Å². The maximum absolute atomic E-state index is 12.8. The minimum Gasteiger partial charge on any atom is -0.497 e. The first-order chi connectivity index (χ1) is 14.5. The normalized spacial score (nSPS) is 14.3. The molecule has 1 saturated carbocycles. The Hall–Kier alpha value is -3.40. The third-order valence-electron chi connectivity index (χ3n) is 5.82. The topological polar surface area (TPSA) is 92.3 Å². The number of ether oxygens (including phenoxy) is 1. The molecule has 1 N–H and O–H groups in total. The number of methoxy groups -OCH3 is 1. The van der Waals surface area contributed by atoms with Crippen molar-refractivity contribution < 1.29 is 9.53 Å². The number of hydrogen-bond acceptors (Lipinski definition) is 5. The van der Waals surface area contributed by atoms with Crippen LogP contribution >= 0.6 is 0 Å². The Morgan fingerprint density at radius 3 is 2.70 bits per heavy atom. The number of carbonyl (C=O) groups excluding carboxylic acids is 1. The van der Waals surface area contributed by atoms with Crippen LogP contribution in [0.3, 0.4) is 0 Å². The third kappa shape index (κ3) is 3.86. The van der Waals surface area contributed by atoms with Crippen LogP contribution in [0.1, 0.15) is 53.4 Å². The summed E-state index contributed by atoms with van der Waals surface area (Å²) in [4.78, 5) is 17.3. The van der Waals surface area contributed by atoms with E-state index in [0.29, 0.717) is 30.0 Å². The fraction of sp³-hybridized carbons (Fsp3) is 0.391. The summed E-state index contributed by atoms with van der Waals surface area (Å²) in [5.41, 5.74) is 4.88. The molecular weight excluding hydrogens is 378 g/mol. The number of aromatic nitrogens is 3. The van der Waals surface area contributed by atoms with E-state index in [1.807, 2.05) is 38.1 Å². The Bertz CT molecular complexity index is 1120. The van der Waals surface area contributed by atoms with Crippen molar-refractivity contribution in [3.05, 3.63) is 58.5 Å². The van der Waals surface area contributed by atoms with Gasteiger partial charge in [0, 0.05) is 17.8 Å². The number of hydrogen-bond donors (Lipinski definition) is 1. The van der Waals surface area contributed by atoms with Gasteiger partial charge in [0.1, 0.15) is 17.4 Å². The largest absolute Gasteiger partial charge is 0.497 e. The summed E-state index contributed by atoms with van der Waals surface area (Å²) in [6, 6.07) is 10.1. The van der Waals surface area contributed by atoms with Crippen LogP contribution < -0.4 is 10.1 Å². The Morgan fingerprint density at radius 2 is 2.07 bits per heavy atom. The maximum Gasteiger partial charge on any atom is 0.220 e. The lowest BCUT2D eigenvalue weighted by molar-refractivity contribution is -0.122. The molecule has 3 aromatic rings. The number of nitriles is 1. The quantitative estimate of drug-likeness (QED) is 0.652. The fourth-order valence-corrected chi connectivity index (χ4v) is 3.95. The number of fused-ring (bicyclic) bond motifs is 1. The molecule has 7 nitrogen and oxygen atoms in total. The first-order valence-corrected chi connectivity index (χ1v) is 10.2. The van der Waals surface area contributed by atoms with E-state index in [-0.39, 0.29) is 11.9 Å². The van der Waals surface area contributed by atoms with Crippen molar-refractivity contribution in [1.82, 2.24) is 19.9 Å². The lowest BCUT2D eigenvalue weighted by atomic mass is 10.0. The average molecular weight is 403 g/mol. The highest BCUT2D eigenvalue weighted by molar-refractivity contribution is 5.77. The molecule has 0 radical (unpaired) electrons. The van der Waals surface area contributed by atoms with E-state index in [4.69, 9.17) is 4.74 Å². The number of nitrogens with one attached hydrogen (secondary N) is 1. The van der Waals surface area contributed by atoms with Crippen molar-refractivity contribution in [2.75, 3.05) is 7.11 Å². The molecule has 2 aromatic heterocycles. The van der Waals surface area contributed by atoms with Gasteiger partial charge in [0.05, 0.1) is 19.3 Å². The second-order valence-corrected chi connectivity index (χ2v) is 7.82. The van der Waals surface area contributed by atoms with Crippen LogP contribution in [0, 0.1) is 31.1 Å². The molecule has 0 spiro atoms. The Kier molecular flexibility index (Phi) is 5.40. The zero-order chi connectivity index (χ0) is 21.3. The summed E-state index contributed by atoms with van der Waals surface area (Å²) >= 11 is 0. The summed E-state index contributed by atoms with van der Waals surface area (Å²) in [6.07, 6.45) is 4.75. The van der Waals surface area contributed by atoms with Gasteiger partial charge in [-0.1, -0.05) is 12.1 Å². The second-order valence-electron chi connectivity index (χ2n) is 7.82. The van der Waals surface area contributed by atoms with E-state index in [1.54, 1.807) is 11.6 Å². The van der Waals surface area contributed by atoms with Crippen molar-refractivity contribution in [3.63, 3.8) is 0 Å². The highest BCUT2D eigenvalue weighted by atomic mass is 16.5. The van der Waals surface area contributed by atoms with Crippen LogP contribution in [0.4, 0.5) is 0 Å². The first kappa shape index (κ1) is 19.9. The van der Waals surface area contributed by atoms with Gasteiger partial charge in [-0.2, -0.15) is 10.4 Å². The predicted octanol–water partition coefficient (Wildman–Crippen LogP) is 3.43. The molecule has 1 aliphatic carbocycles. The molecule has 0 aliphatic heterocycles. The number of aryl methyl sites for hydroxylation is 2. The molecular formula is C23H25N5O2. The molecule has 4 rings (SSSR count). The van der Waals surface area contributed by atoms with Crippen molar-refractivity contribution in [2.24, 2.45) is 5.92 Å². The monoisotopic (exact) mass is 403 g/mol. The fourth-order valence-electron chi connectivity index (χ4n) is 3.95. The van der Waals surface area contributed by atoms with Gasteiger partial charge in [-0.05, 0) is 62.3 Å². The van der Waals surface area contributed by atoms with Gasteiger partial charge in [0.25, 0.3) is 0 Å². The van der Waals surface area contributed by atoms with Crippen molar-refractivity contribution in [1.29, 1.82) is 5.26 Å². The van der Waals surface area contributed by atoms with Crippen LogP contribution in [-0.4, -0.2) is 27.6 Å². The van der Waals surface area contributed by atoms with Gasteiger partial charge < -0.3 is 10.1 Å². The smallest absolute Gasteiger partial charge is 0.220 e. The molecule has 2 heterocycles. The van der Waals surface area contributed by atoms with Gasteiger partial charge in [0.2, 0.25) is 5.91 Å². The van der Waals surface area contributed by atoms with Crippen molar-refractivity contribution in [2.45, 2.75) is 45.6 Å². The van der Waals surface area contributed by atoms with E-state index in [0.717, 1.165) is 41.1 Å². The molecule has 1 fully saturated rings. The molecule has 0 saturated heterocycles. The zero-order valence-electron chi connectivity index (χ0n) is 17.5. The van der Waals surface area contributed by atoms with Gasteiger partial charge in [-0.15, -0.1) is 0 Å². The van der Waals surface area contributed by atoms with E-state index >= 15 is 0 Å². The molecule has 1 amide bonds. The van der Waals surface area contributed by atoms with Crippen molar-refractivity contribution >= 4 is 11.6 Å². The summed E-state index contributed by atoms with van der Waals surface area (Å²) in [5.74, 6) is 1.34. The Morgan fingerprint density at radius 1 is 1.33 bits per heavy atom. The maximum atomic E-state index is 12.8. The molecule has 7 heteroatoms. The van der Waals surface area contributed by atoms with Crippen LogP contribution in [0.25, 0.3) is 5.65 Å². The van der Waals surface area contributed by atoms with E-state index < -0.39 is 0 Å². The second kappa shape index (κ2) is 8.15. The molecule has 1 aromatic carbocycles. The lowest BCUT2D eigenvalue weighted by Crippen LogP contribution is -2.30. The van der Waals surface area contributed by atoms with E-state index in [1.165, 1.54) is 6.20 Å². The molecule has 30 heavy (non-hydrogen) atoms. The van der Waals surface area contributed by atoms with E-state index in [9.17, 15) is 10.1 Å². The predicted molar refractivity (Wildman–Crippen MR) is 112 cm³/mol. The molecule has 0 bridgehead atoms. The number of benzene rings is 1. The SMILES string of the molecule is COc1ccc(C(NC(=O)CCc2c(C)nc3c(C#N)cnn3c2C)C2CC2)cc1. The number of amides is 1. The molecule has 154 valence electrons. The summed E-state index contributed by atoms with van der Waals surface area (Å²) in [7, 11) is 1.65. The van der Waals surface area contributed by atoms with Crippen molar-refractivity contribution in [3.8, 4) is 11.8 Å². The minimum absolute atomic E-state index is 0.0276. The Balaban J connectivity index is 1.47. The number of rotatable bonds is 7. The summed E-state index contributed by atoms with van der Waals surface area (Å²) in [5, 5.41) is 16.7. The molecule has 1 unspecified atom stereocenters. The van der Waals surface area contributed by atoms with E-state index in [2.05, 4.69) is 21.5 Å². The van der Waals surface area contributed by atoms with Crippen LogP contribution in [0.2, 0.25) is 0 Å².